The molecule has 0 spiro atoms. The summed E-state index contributed by atoms with van der Waals surface area (Å²) in [5.74, 6) is 0.744. The van der Waals surface area contributed by atoms with E-state index in [9.17, 15) is 9.90 Å². The summed E-state index contributed by atoms with van der Waals surface area (Å²) < 4.78 is 0. The minimum absolute atomic E-state index is 0.0955. The van der Waals surface area contributed by atoms with Crippen molar-refractivity contribution in [3.05, 3.63) is 29.8 Å². The quantitative estimate of drug-likeness (QED) is 0.299. The Labute approximate surface area is 162 Å². The number of hydrogen-bond donors (Lipinski definition) is 4. The molecule has 1 saturated heterocycles. The third-order valence-corrected chi connectivity index (χ3v) is 4.51. The first-order valence-electron chi connectivity index (χ1n) is 10.0. The van der Waals surface area contributed by atoms with E-state index in [2.05, 4.69) is 32.8 Å². The summed E-state index contributed by atoms with van der Waals surface area (Å²) in [6.07, 6.45) is 4.73. The number of aromatic hydroxyl groups is 1. The van der Waals surface area contributed by atoms with Gasteiger partial charge < -0.3 is 26.0 Å². The molecule has 0 saturated carbocycles. The summed E-state index contributed by atoms with van der Waals surface area (Å²) in [5, 5.41) is 18.9. The van der Waals surface area contributed by atoms with Crippen LogP contribution in [0.3, 0.4) is 0 Å². The maximum absolute atomic E-state index is 12.0. The lowest BCUT2D eigenvalue weighted by atomic mass is 10.1. The number of likely N-dealkylation sites (tertiary alicyclic amines) is 1. The van der Waals surface area contributed by atoms with Gasteiger partial charge in [-0.1, -0.05) is 12.5 Å². The predicted molar refractivity (Wildman–Crippen MR) is 109 cm³/mol. The third kappa shape index (κ3) is 8.30. The molecular weight excluding hydrogens is 342 g/mol. The number of nitrogens with zero attached hydrogens (tertiary/aromatic N) is 2. The highest BCUT2D eigenvalue weighted by Crippen LogP contribution is 2.10. The number of piperidine rings is 1. The Morgan fingerprint density at radius 1 is 1.15 bits per heavy atom. The normalized spacial score (nSPS) is 15.4. The fourth-order valence-corrected chi connectivity index (χ4v) is 3.08. The highest BCUT2D eigenvalue weighted by Gasteiger charge is 2.09. The molecule has 1 aromatic rings. The van der Waals surface area contributed by atoms with Crippen LogP contribution in [0.1, 0.15) is 43.0 Å². The lowest BCUT2D eigenvalue weighted by Crippen LogP contribution is -2.42. The summed E-state index contributed by atoms with van der Waals surface area (Å²) >= 11 is 0. The molecule has 0 unspecified atom stereocenters. The number of aliphatic imine (C=N–C) groups is 1. The van der Waals surface area contributed by atoms with Crippen molar-refractivity contribution in [2.45, 2.75) is 32.6 Å². The Kier molecular flexibility index (Phi) is 9.48. The largest absolute Gasteiger partial charge is 0.508 e. The summed E-state index contributed by atoms with van der Waals surface area (Å²) in [7, 11) is 0. The number of benzene rings is 1. The van der Waals surface area contributed by atoms with Crippen LogP contribution < -0.4 is 16.0 Å². The SMILES string of the molecule is CCNC(=NCCCNC(=O)c1cccc(O)c1)NCCN1CCCCC1. The molecule has 1 fully saturated rings. The summed E-state index contributed by atoms with van der Waals surface area (Å²) in [6, 6.07) is 6.35. The van der Waals surface area contributed by atoms with Crippen LogP contribution in [0, 0.1) is 0 Å². The van der Waals surface area contributed by atoms with Crippen LogP contribution in [0.4, 0.5) is 0 Å². The van der Waals surface area contributed by atoms with Crippen LogP contribution in [0.2, 0.25) is 0 Å². The van der Waals surface area contributed by atoms with Gasteiger partial charge in [-0.3, -0.25) is 9.79 Å². The zero-order chi connectivity index (χ0) is 19.3. The first-order valence-corrected chi connectivity index (χ1v) is 10.0. The highest BCUT2D eigenvalue weighted by molar-refractivity contribution is 5.94. The summed E-state index contributed by atoms with van der Waals surface area (Å²) in [5.41, 5.74) is 0.464. The molecule has 1 aliphatic heterocycles. The number of hydrogen-bond acceptors (Lipinski definition) is 4. The zero-order valence-electron chi connectivity index (χ0n) is 16.3. The Morgan fingerprint density at radius 2 is 1.96 bits per heavy atom. The maximum atomic E-state index is 12.0. The first-order chi connectivity index (χ1) is 13.2. The van der Waals surface area contributed by atoms with Gasteiger partial charge >= 0.3 is 0 Å². The van der Waals surface area contributed by atoms with Crippen molar-refractivity contribution in [3.63, 3.8) is 0 Å². The standard InChI is InChI=1S/C20H33N5O2/c1-2-21-20(24-12-15-25-13-4-3-5-14-25)23-11-7-10-22-19(27)17-8-6-9-18(26)16-17/h6,8-9,16,26H,2-5,7,10-15H2,1H3,(H,22,27)(H2,21,23,24). The van der Waals surface area contributed by atoms with E-state index in [0.29, 0.717) is 18.7 Å². The van der Waals surface area contributed by atoms with Gasteiger partial charge in [0, 0.05) is 38.3 Å². The van der Waals surface area contributed by atoms with Crippen LogP contribution in [-0.2, 0) is 0 Å². The van der Waals surface area contributed by atoms with Crippen LogP contribution >= 0.6 is 0 Å². The van der Waals surface area contributed by atoms with Crippen LogP contribution in [-0.4, -0.2) is 67.7 Å². The molecule has 0 aromatic heterocycles. The number of carbonyl (C=O) groups excluding carboxylic acids is 1. The zero-order valence-corrected chi connectivity index (χ0v) is 16.3. The first kappa shape index (κ1) is 21.0. The fraction of sp³-hybridized carbons (Fsp3) is 0.600. The Hall–Kier alpha value is -2.28. The molecule has 7 nitrogen and oxygen atoms in total. The molecule has 1 aliphatic rings. The molecule has 7 heteroatoms. The van der Waals surface area contributed by atoms with Gasteiger partial charge in [0.15, 0.2) is 5.96 Å². The van der Waals surface area contributed by atoms with E-state index in [-0.39, 0.29) is 11.7 Å². The van der Waals surface area contributed by atoms with Crippen molar-refractivity contribution in [1.82, 2.24) is 20.9 Å². The Balaban J connectivity index is 1.64. The molecule has 1 heterocycles. The molecule has 0 bridgehead atoms. The van der Waals surface area contributed by atoms with E-state index in [1.165, 1.54) is 38.4 Å². The van der Waals surface area contributed by atoms with Gasteiger partial charge in [0.25, 0.3) is 5.91 Å². The second-order valence-electron chi connectivity index (χ2n) is 6.75. The van der Waals surface area contributed by atoms with Gasteiger partial charge in [-0.15, -0.1) is 0 Å². The Morgan fingerprint density at radius 3 is 2.70 bits per heavy atom. The maximum Gasteiger partial charge on any atom is 0.251 e. The smallest absolute Gasteiger partial charge is 0.251 e. The van der Waals surface area contributed by atoms with Gasteiger partial charge in [-0.25, -0.2) is 0 Å². The number of phenolic OH excluding ortho intramolecular Hbond substituents is 1. The van der Waals surface area contributed by atoms with E-state index >= 15 is 0 Å². The van der Waals surface area contributed by atoms with E-state index in [0.717, 1.165) is 32.0 Å². The van der Waals surface area contributed by atoms with Crippen molar-refractivity contribution in [1.29, 1.82) is 0 Å². The van der Waals surface area contributed by atoms with Crippen LogP contribution in [0.5, 0.6) is 5.75 Å². The average Bonchev–Trinajstić information content (AvgIpc) is 2.68. The van der Waals surface area contributed by atoms with Crippen LogP contribution in [0.15, 0.2) is 29.3 Å². The lowest BCUT2D eigenvalue weighted by molar-refractivity contribution is 0.0953. The summed E-state index contributed by atoms with van der Waals surface area (Å²) in [4.78, 5) is 19.1. The van der Waals surface area contributed by atoms with E-state index in [1.807, 2.05) is 0 Å². The van der Waals surface area contributed by atoms with Gasteiger partial charge in [-0.2, -0.15) is 0 Å². The van der Waals surface area contributed by atoms with Gasteiger partial charge in [0.1, 0.15) is 5.75 Å². The van der Waals surface area contributed by atoms with Gasteiger partial charge in [0.05, 0.1) is 0 Å². The van der Waals surface area contributed by atoms with E-state index in [1.54, 1.807) is 18.2 Å². The number of phenols is 1. The molecule has 27 heavy (non-hydrogen) atoms. The van der Waals surface area contributed by atoms with Crippen molar-refractivity contribution in [2.24, 2.45) is 4.99 Å². The van der Waals surface area contributed by atoms with Crippen molar-refractivity contribution in [3.8, 4) is 5.75 Å². The van der Waals surface area contributed by atoms with E-state index < -0.39 is 0 Å². The monoisotopic (exact) mass is 375 g/mol. The van der Waals surface area contributed by atoms with Gasteiger partial charge in [-0.05, 0) is 57.5 Å². The molecule has 1 amide bonds. The summed E-state index contributed by atoms with van der Waals surface area (Å²) in [6.45, 7) is 8.40. The number of guanidine groups is 1. The number of nitrogens with one attached hydrogen (secondary N) is 3. The molecule has 2 rings (SSSR count). The molecular formula is C20H33N5O2. The third-order valence-electron chi connectivity index (χ3n) is 4.51. The lowest BCUT2D eigenvalue weighted by Gasteiger charge is -2.26. The fourth-order valence-electron chi connectivity index (χ4n) is 3.08. The molecule has 0 aliphatic carbocycles. The molecule has 150 valence electrons. The topological polar surface area (TPSA) is 89.0 Å². The Bertz CT molecular complexity index is 600. The van der Waals surface area contributed by atoms with Gasteiger partial charge in [0.2, 0.25) is 0 Å². The minimum Gasteiger partial charge on any atom is -0.508 e. The molecule has 0 atom stereocenters. The predicted octanol–water partition coefficient (Wildman–Crippen LogP) is 1.55. The van der Waals surface area contributed by atoms with Crippen molar-refractivity contribution < 1.29 is 9.90 Å². The molecule has 1 aromatic carbocycles. The number of carbonyl (C=O) groups is 1. The highest BCUT2D eigenvalue weighted by atomic mass is 16.3. The second kappa shape index (κ2) is 12.2. The van der Waals surface area contributed by atoms with Crippen molar-refractivity contribution in [2.75, 3.05) is 45.8 Å². The van der Waals surface area contributed by atoms with Crippen LogP contribution in [0.25, 0.3) is 0 Å². The average molecular weight is 376 g/mol. The number of amides is 1. The van der Waals surface area contributed by atoms with E-state index in [4.69, 9.17) is 0 Å². The minimum atomic E-state index is -0.179. The molecule has 4 N–H and O–H groups in total. The second-order valence-corrected chi connectivity index (χ2v) is 6.75. The van der Waals surface area contributed by atoms with Crippen molar-refractivity contribution >= 4 is 11.9 Å². The number of rotatable bonds is 9. The molecule has 0 radical (unpaired) electrons.